The summed E-state index contributed by atoms with van der Waals surface area (Å²) in [6, 6.07) is 15.1. The summed E-state index contributed by atoms with van der Waals surface area (Å²) in [6.07, 6.45) is 6.56. The van der Waals surface area contributed by atoms with Crippen LogP contribution in [-0.2, 0) is 0 Å². The number of hydrogen-bond acceptors (Lipinski definition) is 6. The first-order valence-electron chi connectivity index (χ1n) is 9.93. The molecule has 1 fully saturated rings. The highest BCUT2D eigenvalue weighted by atomic mass is 16.5. The summed E-state index contributed by atoms with van der Waals surface area (Å²) in [5.74, 6) is 8.89. The molecule has 1 unspecified atom stereocenters. The van der Waals surface area contributed by atoms with Crippen LogP contribution >= 0.6 is 0 Å². The van der Waals surface area contributed by atoms with Gasteiger partial charge in [-0.05, 0) is 50.1 Å². The molecule has 30 heavy (non-hydrogen) atoms. The lowest BCUT2D eigenvalue weighted by Gasteiger charge is -2.40. The van der Waals surface area contributed by atoms with Crippen molar-refractivity contribution in [2.75, 3.05) is 5.73 Å². The van der Waals surface area contributed by atoms with Gasteiger partial charge in [-0.2, -0.15) is 10.8 Å². The zero-order valence-electron chi connectivity index (χ0n) is 16.7. The Balaban J connectivity index is 1.48. The minimum Gasteiger partial charge on any atom is -0.455 e. The normalized spacial score (nSPS) is 29.4. The van der Waals surface area contributed by atoms with Gasteiger partial charge in [0.05, 0.1) is 29.3 Å². The van der Waals surface area contributed by atoms with Crippen LogP contribution in [0.5, 0.6) is 11.5 Å². The predicted octanol–water partition coefficient (Wildman–Crippen LogP) is 3.44. The smallest absolute Gasteiger partial charge is 0.264 e. The van der Waals surface area contributed by atoms with Crippen LogP contribution in [0.25, 0.3) is 0 Å². The molecule has 152 valence electrons. The molecule has 3 aliphatic rings. The number of nitrogens with zero attached hydrogens (tertiary/aromatic N) is 3. The minimum absolute atomic E-state index is 0.0597. The third-order valence-electron chi connectivity index (χ3n) is 5.82. The standard InChI is InChI=1S/C23H24N5O2/c1-23(29)12-16(13-23)21-19-14-26-9-10-28(19,25)22(27-21)15-7-8-20(18(24)11-15)30-17-5-3-2-4-6-17/h2-11,14,16,29H,12-13,24-25H2,1H3/q+1. The molecular weight excluding hydrogens is 378 g/mol. The minimum atomic E-state index is -0.650. The molecule has 1 saturated carbocycles. The van der Waals surface area contributed by atoms with E-state index in [0.29, 0.717) is 30.1 Å². The molecule has 0 saturated heterocycles. The van der Waals surface area contributed by atoms with E-state index in [0.717, 1.165) is 22.7 Å². The molecule has 2 heterocycles. The first-order chi connectivity index (χ1) is 14.4. The number of rotatable bonds is 4. The maximum absolute atomic E-state index is 10.2. The van der Waals surface area contributed by atoms with E-state index in [1.807, 2.05) is 61.7 Å². The van der Waals surface area contributed by atoms with E-state index < -0.39 is 5.60 Å². The Morgan fingerprint density at radius 1 is 1.17 bits per heavy atom. The molecule has 1 atom stereocenters. The van der Waals surface area contributed by atoms with E-state index in [-0.39, 0.29) is 10.5 Å². The lowest BCUT2D eigenvalue weighted by molar-refractivity contribution is -0.750. The number of allylic oxidation sites excluding steroid dienone is 2. The van der Waals surface area contributed by atoms with E-state index in [9.17, 15) is 5.11 Å². The number of para-hydroxylation sites is 1. The monoisotopic (exact) mass is 402 g/mol. The van der Waals surface area contributed by atoms with Crippen LogP contribution in [-0.4, -0.2) is 27.3 Å². The van der Waals surface area contributed by atoms with Crippen molar-refractivity contribution in [2.45, 2.75) is 25.4 Å². The van der Waals surface area contributed by atoms with E-state index in [2.05, 4.69) is 4.99 Å². The summed E-state index contributed by atoms with van der Waals surface area (Å²) < 4.78 is 5.83. The molecule has 5 rings (SSSR count). The van der Waals surface area contributed by atoms with Gasteiger partial charge in [-0.3, -0.25) is 4.99 Å². The fraction of sp³-hybridized carbons (Fsp3) is 0.217. The van der Waals surface area contributed by atoms with Crippen molar-refractivity contribution in [2.24, 2.45) is 21.7 Å². The van der Waals surface area contributed by atoms with E-state index in [1.165, 1.54) is 0 Å². The topological polar surface area (TPSA) is 106 Å². The van der Waals surface area contributed by atoms with E-state index in [4.69, 9.17) is 21.3 Å². The van der Waals surface area contributed by atoms with Crippen LogP contribution < -0.4 is 16.3 Å². The van der Waals surface area contributed by atoms with E-state index in [1.54, 1.807) is 12.4 Å². The van der Waals surface area contributed by atoms with Crippen molar-refractivity contribution in [3.63, 3.8) is 0 Å². The number of aliphatic imine (C=N–C) groups is 2. The third kappa shape index (κ3) is 3.04. The fourth-order valence-corrected chi connectivity index (χ4v) is 4.30. The quantitative estimate of drug-likeness (QED) is 0.414. The zero-order chi connectivity index (χ0) is 20.9. The van der Waals surface area contributed by atoms with Gasteiger partial charge in [0, 0.05) is 5.92 Å². The van der Waals surface area contributed by atoms with Gasteiger partial charge >= 0.3 is 0 Å². The van der Waals surface area contributed by atoms with Gasteiger partial charge in [-0.1, -0.05) is 18.2 Å². The summed E-state index contributed by atoms with van der Waals surface area (Å²) in [6.45, 7) is 1.85. The molecule has 0 amide bonds. The highest BCUT2D eigenvalue weighted by Gasteiger charge is 2.50. The number of fused-ring (bicyclic) bond motifs is 1. The van der Waals surface area contributed by atoms with Gasteiger partial charge in [-0.25, -0.2) is 0 Å². The molecule has 0 spiro atoms. The Labute approximate surface area is 174 Å². The largest absolute Gasteiger partial charge is 0.455 e. The maximum atomic E-state index is 10.2. The molecule has 2 aliphatic heterocycles. The van der Waals surface area contributed by atoms with Crippen LogP contribution in [0.1, 0.15) is 25.3 Å². The number of nitrogens with two attached hydrogens (primary N) is 2. The molecular formula is C23H24N5O2+. The van der Waals surface area contributed by atoms with Gasteiger partial charge in [0.1, 0.15) is 23.4 Å². The molecule has 1 aliphatic carbocycles. The van der Waals surface area contributed by atoms with Crippen molar-refractivity contribution in [1.29, 1.82) is 0 Å². The van der Waals surface area contributed by atoms with Crippen molar-refractivity contribution < 1.29 is 14.4 Å². The second-order valence-corrected chi connectivity index (χ2v) is 8.33. The number of nitrogen functional groups attached to an aromatic ring is 1. The zero-order valence-corrected chi connectivity index (χ0v) is 16.7. The van der Waals surface area contributed by atoms with Gasteiger partial charge in [0.2, 0.25) is 5.70 Å². The molecule has 2 aromatic rings. The SMILES string of the molecule is CC1(O)CC(C2=C3C=NC=C[N+]3(N)C(c3ccc(Oc4ccccc4)c(N)c3)=N2)C1. The summed E-state index contributed by atoms with van der Waals surface area (Å²) in [5, 5.41) is 10.2. The average Bonchev–Trinajstić information content (AvgIpc) is 3.01. The summed E-state index contributed by atoms with van der Waals surface area (Å²) in [4.78, 5) is 9.17. The lowest BCUT2D eigenvalue weighted by atomic mass is 9.70. The van der Waals surface area contributed by atoms with Gasteiger partial charge < -0.3 is 15.6 Å². The Morgan fingerprint density at radius 2 is 1.93 bits per heavy atom. The number of benzene rings is 2. The third-order valence-corrected chi connectivity index (χ3v) is 5.82. The molecule has 0 bridgehead atoms. The number of anilines is 1. The Bertz CT molecular complexity index is 1130. The number of hydrogen-bond donors (Lipinski definition) is 3. The molecule has 0 radical (unpaired) electrons. The highest BCUT2D eigenvalue weighted by molar-refractivity contribution is 6.01. The van der Waals surface area contributed by atoms with Crippen LogP contribution in [0.4, 0.5) is 5.69 Å². The summed E-state index contributed by atoms with van der Waals surface area (Å²) >= 11 is 0. The maximum Gasteiger partial charge on any atom is 0.264 e. The van der Waals surface area contributed by atoms with Crippen molar-refractivity contribution >= 4 is 17.7 Å². The Hall–Kier alpha value is -3.26. The van der Waals surface area contributed by atoms with Gasteiger partial charge in [0.15, 0.2) is 0 Å². The number of amidine groups is 1. The Kier molecular flexibility index (Phi) is 4.14. The summed E-state index contributed by atoms with van der Waals surface area (Å²) in [7, 11) is 0. The van der Waals surface area contributed by atoms with Crippen LogP contribution in [0, 0.1) is 5.92 Å². The molecule has 0 aromatic heterocycles. The van der Waals surface area contributed by atoms with Crippen LogP contribution in [0.3, 0.4) is 0 Å². The lowest BCUT2D eigenvalue weighted by Crippen LogP contribution is -2.53. The average molecular weight is 402 g/mol. The van der Waals surface area contributed by atoms with Crippen LogP contribution in [0.2, 0.25) is 0 Å². The van der Waals surface area contributed by atoms with E-state index >= 15 is 0 Å². The molecule has 7 nitrogen and oxygen atoms in total. The summed E-state index contributed by atoms with van der Waals surface area (Å²) in [5.41, 5.74) is 8.68. The highest BCUT2D eigenvalue weighted by Crippen LogP contribution is 2.47. The second-order valence-electron chi connectivity index (χ2n) is 8.33. The van der Waals surface area contributed by atoms with Crippen molar-refractivity contribution in [3.8, 4) is 11.5 Å². The van der Waals surface area contributed by atoms with Gasteiger partial charge in [-0.15, -0.1) is 4.59 Å². The molecule has 5 N–H and O–H groups in total. The first-order valence-corrected chi connectivity index (χ1v) is 9.93. The Morgan fingerprint density at radius 3 is 2.63 bits per heavy atom. The van der Waals surface area contributed by atoms with Gasteiger partial charge in [0.25, 0.3) is 5.84 Å². The fourth-order valence-electron chi connectivity index (χ4n) is 4.30. The number of quaternary nitrogens is 1. The van der Waals surface area contributed by atoms with Crippen molar-refractivity contribution in [3.05, 3.63) is 77.9 Å². The predicted molar refractivity (Wildman–Crippen MR) is 116 cm³/mol. The number of aliphatic hydroxyl groups is 1. The molecule has 7 heteroatoms. The van der Waals surface area contributed by atoms with Crippen LogP contribution in [0.15, 0.2) is 82.3 Å². The molecule has 2 aromatic carbocycles. The number of ether oxygens (including phenoxy) is 1. The second kappa shape index (κ2) is 6.63. The van der Waals surface area contributed by atoms with Crippen molar-refractivity contribution in [1.82, 2.24) is 0 Å². The first kappa shape index (κ1) is 18.7.